The molecule has 0 spiro atoms. The molecular formula is C12H15NO3. The van der Waals surface area contributed by atoms with Crippen LogP contribution in [0, 0.1) is 0 Å². The van der Waals surface area contributed by atoms with Gasteiger partial charge >= 0.3 is 5.97 Å². The Labute approximate surface area is 94.4 Å². The first-order valence-corrected chi connectivity index (χ1v) is 5.15. The molecule has 16 heavy (non-hydrogen) atoms. The first kappa shape index (κ1) is 12.4. The van der Waals surface area contributed by atoms with E-state index in [0.29, 0.717) is 5.56 Å². The van der Waals surface area contributed by atoms with Gasteiger partial charge in [-0.15, -0.1) is 0 Å². The molecule has 0 amide bonds. The van der Waals surface area contributed by atoms with E-state index in [0.717, 1.165) is 0 Å². The van der Waals surface area contributed by atoms with Crippen LogP contribution in [0.15, 0.2) is 30.3 Å². The van der Waals surface area contributed by atoms with Gasteiger partial charge in [0.15, 0.2) is 5.78 Å². The van der Waals surface area contributed by atoms with E-state index < -0.39 is 12.0 Å². The van der Waals surface area contributed by atoms with Crippen molar-refractivity contribution in [1.29, 1.82) is 0 Å². The molecule has 1 rings (SSSR count). The Morgan fingerprint density at radius 2 is 1.94 bits per heavy atom. The number of nitrogens with two attached hydrogens (primary N) is 1. The van der Waals surface area contributed by atoms with Crippen LogP contribution in [0.5, 0.6) is 0 Å². The van der Waals surface area contributed by atoms with Crippen LogP contribution in [-0.2, 0) is 9.53 Å². The van der Waals surface area contributed by atoms with Crippen LogP contribution in [0.1, 0.15) is 23.7 Å². The fourth-order valence-electron chi connectivity index (χ4n) is 1.27. The zero-order valence-corrected chi connectivity index (χ0v) is 9.18. The zero-order chi connectivity index (χ0) is 12.0. The lowest BCUT2D eigenvalue weighted by atomic mass is 10.0. The highest BCUT2D eigenvalue weighted by atomic mass is 16.5. The van der Waals surface area contributed by atoms with Crippen LogP contribution in [0.4, 0.5) is 0 Å². The maximum Gasteiger partial charge on any atom is 0.323 e. The second kappa shape index (κ2) is 6.02. The van der Waals surface area contributed by atoms with E-state index in [-0.39, 0.29) is 18.8 Å². The van der Waals surface area contributed by atoms with Gasteiger partial charge < -0.3 is 10.5 Å². The van der Waals surface area contributed by atoms with E-state index in [9.17, 15) is 9.59 Å². The van der Waals surface area contributed by atoms with Crippen molar-refractivity contribution < 1.29 is 14.3 Å². The predicted octanol–water partition coefficient (Wildman–Crippen LogP) is 1.15. The molecule has 1 atom stereocenters. The number of esters is 1. The molecule has 0 saturated carbocycles. The Kier molecular flexibility index (Phi) is 4.66. The quantitative estimate of drug-likeness (QED) is 0.598. The van der Waals surface area contributed by atoms with Crippen molar-refractivity contribution in [2.75, 3.05) is 6.61 Å². The third-order valence-corrected chi connectivity index (χ3v) is 2.09. The molecule has 1 aromatic rings. The third kappa shape index (κ3) is 3.47. The summed E-state index contributed by atoms with van der Waals surface area (Å²) in [7, 11) is 0. The molecule has 0 heterocycles. The lowest BCUT2D eigenvalue weighted by Gasteiger charge is -2.09. The van der Waals surface area contributed by atoms with Gasteiger partial charge in [0, 0.05) is 12.0 Å². The lowest BCUT2D eigenvalue weighted by molar-refractivity contribution is -0.144. The molecule has 0 aliphatic rings. The molecule has 4 heteroatoms. The van der Waals surface area contributed by atoms with Gasteiger partial charge in [-0.05, 0) is 6.92 Å². The van der Waals surface area contributed by atoms with Crippen LogP contribution in [-0.4, -0.2) is 24.4 Å². The first-order valence-electron chi connectivity index (χ1n) is 5.15. The van der Waals surface area contributed by atoms with Gasteiger partial charge in [0.1, 0.15) is 6.04 Å². The van der Waals surface area contributed by atoms with Gasteiger partial charge in [-0.3, -0.25) is 9.59 Å². The molecule has 2 N–H and O–H groups in total. The molecular weight excluding hydrogens is 206 g/mol. The van der Waals surface area contributed by atoms with Crippen molar-refractivity contribution in [3.05, 3.63) is 35.9 Å². The fourth-order valence-corrected chi connectivity index (χ4v) is 1.27. The van der Waals surface area contributed by atoms with E-state index in [2.05, 4.69) is 0 Å². The van der Waals surface area contributed by atoms with Crippen molar-refractivity contribution in [3.63, 3.8) is 0 Å². The van der Waals surface area contributed by atoms with Crippen molar-refractivity contribution >= 4 is 11.8 Å². The molecule has 0 saturated heterocycles. The van der Waals surface area contributed by atoms with E-state index in [1.165, 1.54) is 0 Å². The number of rotatable bonds is 5. The highest BCUT2D eigenvalue weighted by Gasteiger charge is 2.19. The van der Waals surface area contributed by atoms with E-state index in [4.69, 9.17) is 10.5 Å². The van der Waals surface area contributed by atoms with E-state index in [1.54, 1.807) is 31.2 Å². The molecule has 0 radical (unpaired) electrons. The molecule has 86 valence electrons. The van der Waals surface area contributed by atoms with Crippen LogP contribution < -0.4 is 5.73 Å². The Morgan fingerprint density at radius 1 is 1.31 bits per heavy atom. The third-order valence-electron chi connectivity index (χ3n) is 2.09. The number of hydrogen-bond donors (Lipinski definition) is 1. The van der Waals surface area contributed by atoms with E-state index >= 15 is 0 Å². The maximum atomic E-state index is 11.7. The molecule has 0 aromatic heterocycles. The minimum absolute atomic E-state index is 0.0250. The van der Waals surface area contributed by atoms with Gasteiger partial charge in [0.2, 0.25) is 0 Å². The highest BCUT2D eigenvalue weighted by Crippen LogP contribution is 2.05. The molecule has 0 fully saturated rings. The fraction of sp³-hybridized carbons (Fsp3) is 0.333. The number of carbonyl (C=O) groups is 2. The number of benzene rings is 1. The minimum atomic E-state index is -0.882. The van der Waals surface area contributed by atoms with Crippen molar-refractivity contribution in [2.45, 2.75) is 19.4 Å². The summed E-state index contributed by atoms with van der Waals surface area (Å²) in [6.07, 6.45) is -0.0250. The summed E-state index contributed by atoms with van der Waals surface area (Å²) in [4.78, 5) is 22.9. The predicted molar refractivity (Wildman–Crippen MR) is 60.0 cm³/mol. The summed E-state index contributed by atoms with van der Waals surface area (Å²) < 4.78 is 4.72. The molecule has 1 aromatic carbocycles. The largest absolute Gasteiger partial charge is 0.465 e. The minimum Gasteiger partial charge on any atom is -0.465 e. The monoisotopic (exact) mass is 221 g/mol. The molecule has 0 aliphatic carbocycles. The summed E-state index contributed by atoms with van der Waals surface area (Å²) in [6, 6.07) is 7.86. The average Bonchev–Trinajstić information content (AvgIpc) is 2.30. The average molecular weight is 221 g/mol. The summed E-state index contributed by atoms with van der Waals surface area (Å²) in [6.45, 7) is 1.97. The Balaban J connectivity index is 2.55. The number of hydrogen-bond acceptors (Lipinski definition) is 4. The molecule has 0 aliphatic heterocycles. The smallest absolute Gasteiger partial charge is 0.323 e. The van der Waals surface area contributed by atoms with Crippen molar-refractivity contribution in [3.8, 4) is 0 Å². The van der Waals surface area contributed by atoms with Gasteiger partial charge in [-0.1, -0.05) is 30.3 Å². The van der Waals surface area contributed by atoms with Crippen molar-refractivity contribution in [2.24, 2.45) is 5.73 Å². The van der Waals surface area contributed by atoms with Crippen LogP contribution in [0.3, 0.4) is 0 Å². The number of ketones is 1. The first-order chi connectivity index (χ1) is 7.65. The maximum absolute atomic E-state index is 11.7. The molecule has 0 bridgehead atoms. The number of ether oxygens (including phenoxy) is 1. The van der Waals surface area contributed by atoms with Crippen LogP contribution >= 0.6 is 0 Å². The van der Waals surface area contributed by atoms with Gasteiger partial charge in [-0.2, -0.15) is 0 Å². The molecule has 4 nitrogen and oxygen atoms in total. The Hall–Kier alpha value is -1.68. The van der Waals surface area contributed by atoms with Gasteiger partial charge in [0.25, 0.3) is 0 Å². The lowest BCUT2D eigenvalue weighted by Crippen LogP contribution is -2.34. The summed E-state index contributed by atoms with van der Waals surface area (Å²) in [5, 5.41) is 0. The Bertz CT molecular complexity index is 362. The second-order valence-corrected chi connectivity index (χ2v) is 3.35. The Morgan fingerprint density at radius 3 is 2.50 bits per heavy atom. The summed E-state index contributed by atoms with van der Waals surface area (Å²) in [5.41, 5.74) is 6.10. The van der Waals surface area contributed by atoms with Gasteiger partial charge in [0.05, 0.1) is 6.61 Å². The normalized spacial score (nSPS) is 11.9. The van der Waals surface area contributed by atoms with Gasteiger partial charge in [-0.25, -0.2) is 0 Å². The van der Waals surface area contributed by atoms with E-state index in [1.807, 2.05) is 6.07 Å². The highest BCUT2D eigenvalue weighted by molar-refractivity contribution is 5.98. The van der Waals surface area contributed by atoms with Crippen LogP contribution in [0.25, 0.3) is 0 Å². The summed E-state index contributed by atoms with van der Waals surface area (Å²) in [5.74, 6) is -0.687. The standard InChI is InChI=1S/C12H15NO3/c1-2-16-12(15)10(13)8-11(14)9-6-4-3-5-7-9/h3-7,10H,2,8,13H2,1H3/t10-/m0/s1. The summed E-state index contributed by atoms with van der Waals surface area (Å²) >= 11 is 0. The SMILES string of the molecule is CCOC(=O)[C@@H](N)CC(=O)c1ccccc1. The molecule has 0 unspecified atom stereocenters. The zero-order valence-electron chi connectivity index (χ0n) is 9.18. The second-order valence-electron chi connectivity index (χ2n) is 3.35. The van der Waals surface area contributed by atoms with Crippen molar-refractivity contribution in [1.82, 2.24) is 0 Å². The number of Topliss-reactive ketones (excluding diaryl/α,β-unsaturated/α-hetero) is 1. The number of carbonyl (C=O) groups excluding carboxylic acids is 2. The topological polar surface area (TPSA) is 69.4 Å². The van der Waals surface area contributed by atoms with Crippen LogP contribution in [0.2, 0.25) is 0 Å².